The Morgan fingerprint density at radius 1 is 1.57 bits per heavy atom. The molecule has 0 saturated carbocycles. The fourth-order valence-electron chi connectivity index (χ4n) is 1.32. The van der Waals surface area contributed by atoms with Crippen LogP contribution in [0.1, 0.15) is 10.4 Å². The van der Waals surface area contributed by atoms with Crippen LogP contribution in [0.25, 0.3) is 11.0 Å². The molecule has 0 unspecified atom stereocenters. The van der Waals surface area contributed by atoms with Crippen LogP contribution in [0.4, 0.5) is 0 Å². The smallest absolute Gasteiger partial charge is 0.266 e. The summed E-state index contributed by atoms with van der Waals surface area (Å²) in [6, 6.07) is 3.65. The van der Waals surface area contributed by atoms with E-state index in [-0.39, 0.29) is 5.91 Å². The first-order chi connectivity index (χ1) is 6.83. The molecular weight excluding hydrogens is 179 g/mol. The minimum atomic E-state index is -0.174. The van der Waals surface area contributed by atoms with Crippen LogP contribution in [0.2, 0.25) is 0 Å². The van der Waals surface area contributed by atoms with Gasteiger partial charge in [0.2, 0.25) is 7.98 Å². The van der Waals surface area contributed by atoms with Gasteiger partial charge in [0.1, 0.15) is 5.65 Å². The standard InChI is InChI=1S/C8H9BN4O/c9-13-12-8(14)6-4-11-7-5(6)2-1-3-10-7/h1-4,13H,9H2,(H,10,11)(H,12,14). The number of fused-ring (bicyclic) bond motifs is 1. The van der Waals surface area contributed by atoms with Crippen molar-refractivity contribution in [3.8, 4) is 0 Å². The van der Waals surface area contributed by atoms with Crippen molar-refractivity contribution >= 4 is 24.9 Å². The average Bonchev–Trinajstić information content (AvgIpc) is 2.61. The molecule has 3 N–H and O–H groups in total. The first-order valence-corrected chi connectivity index (χ1v) is 4.22. The molecule has 0 aromatic carbocycles. The molecule has 2 aromatic rings. The average molecular weight is 188 g/mol. The second kappa shape index (κ2) is 3.51. The first-order valence-electron chi connectivity index (χ1n) is 4.22. The van der Waals surface area contributed by atoms with Crippen LogP contribution in [-0.4, -0.2) is 23.9 Å². The topological polar surface area (TPSA) is 69.8 Å². The summed E-state index contributed by atoms with van der Waals surface area (Å²) in [5, 5.41) is 3.41. The fourth-order valence-corrected chi connectivity index (χ4v) is 1.32. The maximum Gasteiger partial charge on any atom is 0.266 e. The number of nitrogens with one attached hydrogen (secondary N) is 3. The molecule has 0 aliphatic heterocycles. The molecule has 0 spiro atoms. The van der Waals surface area contributed by atoms with Gasteiger partial charge in [-0.2, -0.15) is 0 Å². The van der Waals surface area contributed by atoms with Gasteiger partial charge in [0.15, 0.2) is 0 Å². The highest BCUT2D eigenvalue weighted by atomic mass is 16.2. The molecule has 0 fully saturated rings. The van der Waals surface area contributed by atoms with Gasteiger partial charge in [-0.05, 0) is 12.1 Å². The lowest BCUT2D eigenvalue weighted by Gasteiger charge is -2.00. The predicted octanol–water partition coefficient (Wildman–Crippen LogP) is -0.655. The number of hydrogen-bond donors (Lipinski definition) is 3. The third-order valence-corrected chi connectivity index (χ3v) is 1.93. The molecule has 0 saturated heterocycles. The summed E-state index contributed by atoms with van der Waals surface area (Å²) < 4.78 is 0. The van der Waals surface area contributed by atoms with Crippen molar-refractivity contribution in [3.05, 3.63) is 30.1 Å². The number of hydrogen-bond acceptors (Lipinski definition) is 3. The third kappa shape index (κ3) is 1.35. The Balaban J connectivity index is 2.47. The third-order valence-electron chi connectivity index (χ3n) is 1.93. The second-order valence-electron chi connectivity index (χ2n) is 2.81. The largest absolute Gasteiger partial charge is 0.345 e. The highest BCUT2D eigenvalue weighted by Crippen LogP contribution is 2.14. The number of aromatic amines is 1. The summed E-state index contributed by atoms with van der Waals surface area (Å²) in [7, 11) is 1.64. The van der Waals surface area contributed by atoms with Crippen molar-refractivity contribution in [2.75, 3.05) is 0 Å². The van der Waals surface area contributed by atoms with Gasteiger partial charge in [-0.1, -0.05) is 0 Å². The molecule has 5 nitrogen and oxygen atoms in total. The van der Waals surface area contributed by atoms with Gasteiger partial charge in [0, 0.05) is 17.8 Å². The molecule has 0 atom stereocenters. The van der Waals surface area contributed by atoms with Crippen molar-refractivity contribution < 1.29 is 4.79 Å². The van der Waals surface area contributed by atoms with E-state index in [1.165, 1.54) is 0 Å². The quantitative estimate of drug-likeness (QED) is 0.433. The molecule has 2 heterocycles. The van der Waals surface area contributed by atoms with Crippen molar-refractivity contribution in [1.82, 2.24) is 20.7 Å². The zero-order chi connectivity index (χ0) is 9.97. The van der Waals surface area contributed by atoms with Crippen LogP contribution >= 0.6 is 0 Å². The lowest BCUT2D eigenvalue weighted by atomic mass is 10.2. The summed E-state index contributed by atoms with van der Waals surface area (Å²) in [6.45, 7) is 0. The number of nitrogens with zero attached hydrogens (tertiary/aromatic N) is 1. The number of amides is 1. The molecule has 2 aromatic heterocycles. The van der Waals surface area contributed by atoms with Gasteiger partial charge in [0.05, 0.1) is 5.56 Å². The van der Waals surface area contributed by atoms with E-state index < -0.39 is 0 Å². The number of H-pyrrole nitrogens is 1. The number of hydrazine groups is 1. The van der Waals surface area contributed by atoms with E-state index in [9.17, 15) is 4.79 Å². The molecular formula is C8H9BN4O. The zero-order valence-electron chi connectivity index (χ0n) is 7.66. The molecule has 0 aliphatic carbocycles. The molecule has 1 amide bonds. The second-order valence-corrected chi connectivity index (χ2v) is 2.81. The molecule has 70 valence electrons. The Labute approximate surface area is 81.3 Å². The van der Waals surface area contributed by atoms with E-state index in [0.29, 0.717) is 11.2 Å². The first kappa shape index (κ1) is 8.77. The van der Waals surface area contributed by atoms with E-state index in [0.717, 1.165) is 5.39 Å². The van der Waals surface area contributed by atoms with Gasteiger partial charge in [-0.3, -0.25) is 15.6 Å². The van der Waals surface area contributed by atoms with Crippen LogP contribution < -0.4 is 10.8 Å². The molecule has 2 rings (SSSR count). The van der Waals surface area contributed by atoms with E-state index >= 15 is 0 Å². The number of pyridine rings is 1. The van der Waals surface area contributed by atoms with Gasteiger partial charge in [-0.25, -0.2) is 4.98 Å². The Morgan fingerprint density at radius 2 is 2.43 bits per heavy atom. The molecule has 0 aliphatic rings. The summed E-state index contributed by atoms with van der Waals surface area (Å²) in [4.78, 5) is 18.5. The molecule has 6 heteroatoms. The Kier molecular flexibility index (Phi) is 2.20. The van der Waals surface area contributed by atoms with Crippen molar-refractivity contribution in [2.24, 2.45) is 0 Å². The number of carbonyl (C=O) groups excluding carboxylic acids is 1. The van der Waals surface area contributed by atoms with Crippen LogP contribution in [0.3, 0.4) is 0 Å². The number of rotatable bonds is 2. The van der Waals surface area contributed by atoms with E-state index in [4.69, 9.17) is 0 Å². The van der Waals surface area contributed by atoms with Crippen LogP contribution in [-0.2, 0) is 0 Å². The van der Waals surface area contributed by atoms with Gasteiger partial charge >= 0.3 is 0 Å². The summed E-state index contributed by atoms with van der Waals surface area (Å²) >= 11 is 0. The lowest BCUT2D eigenvalue weighted by molar-refractivity contribution is 0.0947. The van der Waals surface area contributed by atoms with E-state index in [2.05, 4.69) is 20.7 Å². The lowest BCUT2D eigenvalue weighted by Crippen LogP contribution is -2.35. The minimum absolute atomic E-state index is 0.174. The van der Waals surface area contributed by atoms with E-state index in [1.54, 1.807) is 26.4 Å². The number of carbonyl (C=O) groups is 1. The maximum atomic E-state index is 11.5. The van der Waals surface area contributed by atoms with Crippen LogP contribution in [0.15, 0.2) is 24.5 Å². The molecule has 0 bridgehead atoms. The Hall–Kier alpha value is -1.82. The summed E-state index contributed by atoms with van der Waals surface area (Å²) in [6.07, 6.45) is 3.32. The van der Waals surface area contributed by atoms with Gasteiger partial charge in [-0.15, -0.1) is 0 Å². The van der Waals surface area contributed by atoms with Crippen LogP contribution in [0.5, 0.6) is 0 Å². The summed E-state index contributed by atoms with van der Waals surface area (Å²) in [5.41, 5.74) is 3.81. The number of aromatic nitrogens is 2. The van der Waals surface area contributed by atoms with Gasteiger partial charge < -0.3 is 4.98 Å². The zero-order valence-corrected chi connectivity index (χ0v) is 7.66. The highest BCUT2D eigenvalue weighted by Gasteiger charge is 2.10. The Bertz CT molecular complexity index is 467. The SMILES string of the molecule is BNNC(=O)c1c[nH]c2ncccc12. The van der Waals surface area contributed by atoms with Gasteiger partial charge in [0.25, 0.3) is 5.91 Å². The van der Waals surface area contributed by atoms with Crippen molar-refractivity contribution in [3.63, 3.8) is 0 Å². The fraction of sp³-hybridized carbons (Fsp3) is 0. The summed E-state index contributed by atoms with van der Waals surface area (Å²) in [5.74, 6) is -0.174. The Morgan fingerprint density at radius 3 is 3.21 bits per heavy atom. The van der Waals surface area contributed by atoms with Crippen molar-refractivity contribution in [1.29, 1.82) is 0 Å². The van der Waals surface area contributed by atoms with E-state index in [1.807, 2.05) is 6.07 Å². The molecule has 0 radical (unpaired) electrons. The maximum absolute atomic E-state index is 11.5. The van der Waals surface area contributed by atoms with Crippen LogP contribution in [0, 0.1) is 0 Å². The van der Waals surface area contributed by atoms with Crippen molar-refractivity contribution in [2.45, 2.75) is 0 Å². The normalized spacial score (nSPS) is 10.3. The monoisotopic (exact) mass is 188 g/mol. The predicted molar refractivity (Wildman–Crippen MR) is 55.2 cm³/mol. The molecule has 14 heavy (non-hydrogen) atoms. The minimum Gasteiger partial charge on any atom is -0.345 e. The highest BCUT2D eigenvalue weighted by molar-refractivity contribution is 6.09.